The molecular weight excluding hydrogens is 405 g/mol. The Kier molecular flexibility index (Phi) is 5.86. The van der Waals surface area contributed by atoms with Gasteiger partial charge < -0.3 is 14.8 Å². The number of aromatic nitrogens is 1. The Morgan fingerprint density at radius 1 is 1.14 bits per heavy atom. The molecule has 4 rings (SSSR count). The monoisotopic (exact) mass is 429 g/mol. The molecule has 0 bridgehead atoms. The number of fused-ring (bicyclic) bond motifs is 3. The number of hydrogen-bond acceptors (Lipinski definition) is 2. The molecule has 1 aliphatic heterocycles. The molecule has 1 unspecified atom stereocenters. The summed E-state index contributed by atoms with van der Waals surface area (Å²) < 4.78 is 2.39. The highest BCUT2D eigenvalue weighted by Gasteiger charge is 2.25. The zero-order valence-corrected chi connectivity index (χ0v) is 18.2. The molecule has 0 spiro atoms. The Labute approximate surface area is 181 Å². The van der Waals surface area contributed by atoms with Crippen LogP contribution in [0.2, 0.25) is 10.0 Å². The number of likely N-dealkylation sites (N-methyl/N-ethyl adjacent to an activating group) is 1. The first-order valence-electron chi connectivity index (χ1n) is 9.90. The van der Waals surface area contributed by atoms with Crippen LogP contribution in [0.3, 0.4) is 0 Å². The van der Waals surface area contributed by atoms with E-state index in [1.54, 1.807) is 7.05 Å². The van der Waals surface area contributed by atoms with E-state index in [1.807, 2.05) is 30.3 Å². The second kappa shape index (κ2) is 8.39. The quantitative estimate of drug-likeness (QED) is 0.628. The number of rotatable bonds is 5. The molecule has 29 heavy (non-hydrogen) atoms. The van der Waals surface area contributed by atoms with E-state index in [0.29, 0.717) is 11.4 Å². The smallest absolute Gasteiger partial charge is 0.220 e. The minimum absolute atomic E-state index is 0.0374. The van der Waals surface area contributed by atoms with Crippen molar-refractivity contribution in [1.82, 2.24) is 14.8 Å². The first-order valence-corrected chi connectivity index (χ1v) is 10.7. The molecule has 1 aliphatic rings. The van der Waals surface area contributed by atoms with Crippen molar-refractivity contribution in [1.29, 1.82) is 0 Å². The normalized spacial score (nSPS) is 15.3. The molecule has 1 amide bonds. The van der Waals surface area contributed by atoms with Crippen molar-refractivity contribution in [2.45, 2.75) is 31.8 Å². The van der Waals surface area contributed by atoms with Crippen molar-refractivity contribution in [3.63, 3.8) is 0 Å². The van der Waals surface area contributed by atoms with Gasteiger partial charge in [-0.3, -0.25) is 4.79 Å². The number of nitrogens with zero attached hydrogens (tertiary/aromatic N) is 2. The lowest BCUT2D eigenvalue weighted by molar-refractivity contribution is -0.121. The maximum absolute atomic E-state index is 12.3. The minimum atomic E-state index is 0.0374. The predicted octanol–water partition coefficient (Wildman–Crippen LogP) is 4.86. The van der Waals surface area contributed by atoms with Gasteiger partial charge in [0.2, 0.25) is 5.91 Å². The van der Waals surface area contributed by atoms with Crippen LogP contribution in [0.1, 0.15) is 29.2 Å². The van der Waals surface area contributed by atoms with Crippen LogP contribution in [0.5, 0.6) is 0 Å². The molecule has 0 saturated carbocycles. The van der Waals surface area contributed by atoms with E-state index in [0.717, 1.165) is 36.6 Å². The van der Waals surface area contributed by atoms with Gasteiger partial charge in [0, 0.05) is 65.7 Å². The molecule has 0 radical (unpaired) electrons. The minimum Gasteiger partial charge on any atom is -0.359 e. The Morgan fingerprint density at radius 3 is 2.59 bits per heavy atom. The number of benzene rings is 2. The van der Waals surface area contributed by atoms with E-state index in [9.17, 15) is 4.79 Å². The van der Waals surface area contributed by atoms with Crippen LogP contribution in [-0.4, -0.2) is 36.0 Å². The van der Waals surface area contributed by atoms with Crippen molar-refractivity contribution < 1.29 is 4.79 Å². The van der Waals surface area contributed by atoms with Crippen molar-refractivity contribution in [2.24, 2.45) is 0 Å². The van der Waals surface area contributed by atoms with Gasteiger partial charge in [-0.15, -0.1) is 0 Å². The average molecular weight is 430 g/mol. The van der Waals surface area contributed by atoms with Crippen LogP contribution in [0.4, 0.5) is 0 Å². The van der Waals surface area contributed by atoms with Crippen LogP contribution in [0, 0.1) is 0 Å². The van der Waals surface area contributed by atoms with Crippen molar-refractivity contribution in [3.05, 3.63) is 69.3 Å². The highest BCUT2D eigenvalue weighted by Crippen LogP contribution is 2.35. The van der Waals surface area contributed by atoms with Gasteiger partial charge in [0.1, 0.15) is 0 Å². The Balaban J connectivity index is 1.80. The van der Waals surface area contributed by atoms with Gasteiger partial charge in [-0.2, -0.15) is 0 Å². The summed E-state index contributed by atoms with van der Waals surface area (Å²) in [6, 6.07) is 14.0. The molecule has 2 aromatic carbocycles. The fourth-order valence-corrected chi connectivity index (χ4v) is 4.62. The number of nitrogens with one attached hydrogen (secondary N) is 1. The maximum Gasteiger partial charge on any atom is 0.220 e. The first kappa shape index (κ1) is 20.3. The van der Waals surface area contributed by atoms with E-state index in [-0.39, 0.29) is 11.8 Å². The topological polar surface area (TPSA) is 37.3 Å². The second-order valence-electron chi connectivity index (χ2n) is 7.81. The molecule has 0 aliphatic carbocycles. The molecule has 0 saturated heterocycles. The maximum atomic E-state index is 12.3. The summed E-state index contributed by atoms with van der Waals surface area (Å²) in [5.74, 6) is 0.0882. The van der Waals surface area contributed by atoms with Gasteiger partial charge in [-0.25, -0.2) is 0 Å². The SMILES string of the molecule is CNC(=O)CC(Cn1c2c(c3cc(Cl)ccc31)CCN(C)C2)c1ccc(Cl)cc1. The average Bonchev–Trinajstić information content (AvgIpc) is 3.00. The molecule has 2 heterocycles. The second-order valence-corrected chi connectivity index (χ2v) is 8.68. The van der Waals surface area contributed by atoms with E-state index >= 15 is 0 Å². The third kappa shape index (κ3) is 4.16. The van der Waals surface area contributed by atoms with Gasteiger partial charge >= 0.3 is 0 Å². The zero-order valence-electron chi connectivity index (χ0n) is 16.7. The van der Waals surface area contributed by atoms with Crippen molar-refractivity contribution in [2.75, 3.05) is 20.6 Å². The van der Waals surface area contributed by atoms with Gasteiger partial charge in [-0.1, -0.05) is 35.3 Å². The largest absolute Gasteiger partial charge is 0.359 e. The molecule has 152 valence electrons. The molecule has 4 nitrogen and oxygen atoms in total. The molecule has 0 fully saturated rings. The van der Waals surface area contributed by atoms with Gasteiger partial charge in [0.05, 0.1) is 0 Å². The van der Waals surface area contributed by atoms with Crippen LogP contribution in [0.15, 0.2) is 42.5 Å². The predicted molar refractivity (Wildman–Crippen MR) is 120 cm³/mol. The third-order valence-electron chi connectivity index (χ3n) is 5.87. The molecule has 6 heteroatoms. The van der Waals surface area contributed by atoms with E-state index in [1.165, 1.54) is 22.2 Å². The molecule has 1 atom stereocenters. The molecule has 1 N–H and O–H groups in total. The van der Waals surface area contributed by atoms with Crippen LogP contribution < -0.4 is 5.32 Å². The highest BCUT2D eigenvalue weighted by atomic mass is 35.5. The fraction of sp³-hybridized carbons (Fsp3) is 0.348. The van der Waals surface area contributed by atoms with Crippen LogP contribution >= 0.6 is 23.2 Å². The van der Waals surface area contributed by atoms with Gasteiger partial charge in [0.15, 0.2) is 0 Å². The standard InChI is InChI=1S/C23H25Cl2N3O/c1-26-23(29)11-16(15-3-5-17(24)6-4-15)13-28-21-8-7-18(25)12-20(21)19-9-10-27(2)14-22(19)28/h3-8,12,16H,9-11,13-14H2,1-2H3,(H,26,29). The summed E-state index contributed by atoms with van der Waals surface area (Å²) in [5, 5.41) is 5.46. The number of carbonyl (C=O) groups is 1. The Morgan fingerprint density at radius 2 is 1.86 bits per heavy atom. The number of amides is 1. The highest BCUT2D eigenvalue weighted by molar-refractivity contribution is 6.31. The van der Waals surface area contributed by atoms with Gasteiger partial charge in [-0.05, 0) is 54.9 Å². The summed E-state index contributed by atoms with van der Waals surface area (Å²) in [4.78, 5) is 14.6. The summed E-state index contributed by atoms with van der Waals surface area (Å²) in [6.07, 6.45) is 1.44. The lowest BCUT2D eigenvalue weighted by Gasteiger charge is -2.26. The number of carbonyl (C=O) groups excluding carboxylic acids is 1. The molecule has 1 aromatic heterocycles. The summed E-state index contributed by atoms with van der Waals surface area (Å²) in [5.41, 5.74) is 5.01. The number of hydrogen-bond donors (Lipinski definition) is 1. The Bertz CT molecular complexity index is 1040. The van der Waals surface area contributed by atoms with Crippen molar-refractivity contribution in [3.8, 4) is 0 Å². The summed E-state index contributed by atoms with van der Waals surface area (Å²) in [7, 11) is 3.84. The fourth-order valence-electron chi connectivity index (χ4n) is 4.32. The zero-order chi connectivity index (χ0) is 20.5. The lowest BCUT2D eigenvalue weighted by Crippen LogP contribution is -2.29. The van der Waals surface area contributed by atoms with E-state index in [2.05, 4.69) is 34.0 Å². The van der Waals surface area contributed by atoms with E-state index < -0.39 is 0 Å². The van der Waals surface area contributed by atoms with Crippen LogP contribution in [-0.2, 0) is 24.3 Å². The van der Waals surface area contributed by atoms with Crippen molar-refractivity contribution >= 4 is 40.0 Å². The molecular formula is C23H25Cl2N3O. The molecule has 3 aromatic rings. The lowest BCUT2D eigenvalue weighted by atomic mass is 9.95. The number of halogens is 2. The Hall–Kier alpha value is -2.01. The van der Waals surface area contributed by atoms with E-state index in [4.69, 9.17) is 23.2 Å². The van der Waals surface area contributed by atoms with Gasteiger partial charge in [0.25, 0.3) is 0 Å². The third-order valence-corrected chi connectivity index (χ3v) is 6.35. The van der Waals surface area contributed by atoms with Crippen LogP contribution in [0.25, 0.3) is 10.9 Å². The first-order chi connectivity index (χ1) is 14.0. The summed E-state index contributed by atoms with van der Waals surface area (Å²) in [6.45, 7) is 2.67. The summed E-state index contributed by atoms with van der Waals surface area (Å²) >= 11 is 12.4.